The summed E-state index contributed by atoms with van der Waals surface area (Å²) in [5, 5.41) is 9.68. The first-order valence-electron chi connectivity index (χ1n) is 6.75. The van der Waals surface area contributed by atoms with Gasteiger partial charge in [0, 0.05) is 17.1 Å². The highest BCUT2D eigenvalue weighted by Crippen LogP contribution is 2.17. The Morgan fingerprint density at radius 1 is 1.05 bits per heavy atom. The molecule has 0 bridgehead atoms. The van der Waals surface area contributed by atoms with E-state index in [1.807, 2.05) is 12.3 Å². The van der Waals surface area contributed by atoms with Crippen molar-refractivity contribution in [2.45, 2.75) is 6.42 Å². The second kappa shape index (κ2) is 7.26. The number of aromatic carboxylic acids is 1. The lowest BCUT2D eigenvalue weighted by Crippen LogP contribution is -2.01. The smallest absolute Gasteiger partial charge is 0.335 e. The zero-order valence-corrected chi connectivity index (χ0v) is 11.6. The number of benzene rings is 2. The Bertz CT molecular complexity index is 705. The maximum absolute atomic E-state index is 10.2. The summed E-state index contributed by atoms with van der Waals surface area (Å²) in [5.74, 6) is -0.879. The second-order valence-corrected chi connectivity index (χ2v) is 4.57. The molecule has 2 aromatic carbocycles. The summed E-state index contributed by atoms with van der Waals surface area (Å²) in [5.41, 5.74) is 8.34. The van der Waals surface area contributed by atoms with Crippen molar-refractivity contribution in [3.05, 3.63) is 71.9 Å². The van der Waals surface area contributed by atoms with Crippen molar-refractivity contribution in [2.24, 2.45) is 5.73 Å². The van der Waals surface area contributed by atoms with Gasteiger partial charge in [-0.2, -0.15) is 0 Å². The van der Waals surface area contributed by atoms with Crippen molar-refractivity contribution in [1.29, 1.82) is 0 Å². The van der Waals surface area contributed by atoms with E-state index in [1.54, 1.807) is 30.3 Å². The van der Waals surface area contributed by atoms with Gasteiger partial charge < -0.3 is 15.8 Å². The molecule has 4 nitrogen and oxygen atoms in total. The highest BCUT2D eigenvalue weighted by Gasteiger charge is 2.00. The number of para-hydroxylation sites is 1. The fraction of sp³-hybridized carbons (Fsp3) is 0.118. The molecule has 1 aromatic heterocycles. The van der Waals surface area contributed by atoms with Gasteiger partial charge in [-0.05, 0) is 36.7 Å². The first-order chi connectivity index (χ1) is 10.2. The molecule has 0 spiro atoms. The number of fused-ring (bicyclic) bond motifs is 1. The lowest BCUT2D eigenvalue weighted by atomic mass is 10.1. The molecule has 21 heavy (non-hydrogen) atoms. The Morgan fingerprint density at radius 2 is 1.71 bits per heavy atom. The normalized spacial score (nSPS) is 9.95. The summed E-state index contributed by atoms with van der Waals surface area (Å²) in [4.78, 5) is 13.4. The molecule has 0 aliphatic heterocycles. The summed E-state index contributed by atoms with van der Waals surface area (Å²) in [6, 6.07) is 16.6. The third-order valence-electron chi connectivity index (χ3n) is 3.11. The number of rotatable bonds is 3. The number of H-pyrrole nitrogens is 1. The number of hydrogen-bond donors (Lipinski definition) is 3. The molecular weight excluding hydrogens is 264 g/mol. The van der Waals surface area contributed by atoms with E-state index < -0.39 is 5.97 Å². The van der Waals surface area contributed by atoms with Crippen LogP contribution in [0.3, 0.4) is 0 Å². The molecule has 0 saturated carbocycles. The summed E-state index contributed by atoms with van der Waals surface area (Å²) in [6.07, 6.45) is 2.99. The SMILES string of the molecule is NCCc1c[nH]c2ccccc12.O=C(O)c1ccccc1. The number of aromatic nitrogens is 1. The molecule has 0 saturated heterocycles. The lowest BCUT2D eigenvalue weighted by molar-refractivity contribution is 0.0697. The predicted octanol–water partition coefficient (Wildman–Crippen LogP) is 3.05. The van der Waals surface area contributed by atoms with Crippen LogP contribution in [-0.4, -0.2) is 22.6 Å². The van der Waals surface area contributed by atoms with E-state index in [1.165, 1.54) is 16.5 Å². The minimum atomic E-state index is -0.879. The number of nitrogens with two attached hydrogens (primary N) is 1. The molecule has 3 aromatic rings. The monoisotopic (exact) mass is 282 g/mol. The molecule has 0 aliphatic rings. The molecule has 4 N–H and O–H groups in total. The number of carboxylic acid groups (broad SMARTS) is 1. The summed E-state index contributed by atoms with van der Waals surface area (Å²) in [6.45, 7) is 0.710. The Morgan fingerprint density at radius 3 is 2.33 bits per heavy atom. The van der Waals surface area contributed by atoms with Gasteiger partial charge in [0.15, 0.2) is 0 Å². The molecule has 3 rings (SSSR count). The number of carbonyl (C=O) groups is 1. The van der Waals surface area contributed by atoms with Crippen molar-refractivity contribution in [2.75, 3.05) is 6.54 Å². The van der Waals surface area contributed by atoms with Crippen LogP contribution in [-0.2, 0) is 6.42 Å². The summed E-state index contributed by atoms with van der Waals surface area (Å²) >= 11 is 0. The average Bonchev–Trinajstić information content (AvgIpc) is 2.93. The van der Waals surface area contributed by atoms with Gasteiger partial charge in [0.05, 0.1) is 5.56 Å². The first-order valence-corrected chi connectivity index (χ1v) is 6.75. The first kappa shape index (κ1) is 14.8. The van der Waals surface area contributed by atoms with Crippen LogP contribution in [0.1, 0.15) is 15.9 Å². The minimum Gasteiger partial charge on any atom is -0.478 e. The standard InChI is InChI=1S/C10H12N2.C7H6O2/c11-6-5-8-7-12-10-4-2-1-3-9(8)10;8-7(9)6-4-2-1-3-5-6/h1-4,7,12H,5-6,11H2;1-5H,(H,8,9). The van der Waals surface area contributed by atoms with Crippen molar-refractivity contribution in [3.8, 4) is 0 Å². The topological polar surface area (TPSA) is 79.1 Å². The molecule has 0 atom stereocenters. The minimum absolute atomic E-state index is 0.331. The molecule has 108 valence electrons. The molecule has 1 heterocycles. The van der Waals surface area contributed by atoms with Crippen LogP contribution in [0.25, 0.3) is 10.9 Å². The molecule has 0 radical (unpaired) electrons. The Labute approximate surface area is 123 Å². The Balaban J connectivity index is 0.000000161. The molecule has 0 amide bonds. The van der Waals surface area contributed by atoms with E-state index in [9.17, 15) is 4.79 Å². The van der Waals surface area contributed by atoms with E-state index in [0.717, 1.165) is 6.42 Å². The number of hydrogen-bond acceptors (Lipinski definition) is 2. The van der Waals surface area contributed by atoms with Gasteiger partial charge in [-0.25, -0.2) is 4.79 Å². The third-order valence-corrected chi connectivity index (χ3v) is 3.11. The number of carboxylic acids is 1. The Hall–Kier alpha value is -2.59. The molecule has 0 aliphatic carbocycles. The highest BCUT2D eigenvalue weighted by atomic mass is 16.4. The molecule has 0 fully saturated rings. The second-order valence-electron chi connectivity index (χ2n) is 4.57. The maximum atomic E-state index is 10.2. The number of aromatic amines is 1. The van der Waals surface area contributed by atoms with Gasteiger partial charge in [-0.15, -0.1) is 0 Å². The van der Waals surface area contributed by atoms with Crippen LogP contribution in [0.2, 0.25) is 0 Å². The van der Waals surface area contributed by atoms with Crippen molar-refractivity contribution >= 4 is 16.9 Å². The van der Waals surface area contributed by atoms with Gasteiger partial charge in [0.1, 0.15) is 0 Å². The zero-order chi connectivity index (χ0) is 15.1. The van der Waals surface area contributed by atoms with Gasteiger partial charge in [0.25, 0.3) is 0 Å². The van der Waals surface area contributed by atoms with E-state index in [2.05, 4.69) is 23.2 Å². The predicted molar refractivity (Wildman–Crippen MR) is 84.5 cm³/mol. The van der Waals surface area contributed by atoms with Crippen LogP contribution in [0, 0.1) is 0 Å². The quantitative estimate of drug-likeness (QED) is 0.690. The highest BCUT2D eigenvalue weighted by molar-refractivity contribution is 5.87. The fourth-order valence-electron chi connectivity index (χ4n) is 2.07. The van der Waals surface area contributed by atoms with Crippen molar-refractivity contribution < 1.29 is 9.90 Å². The molecular formula is C17H18N2O2. The average molecular weight is 282 g/mol. The molecule has 0 unspecified atom stereocenters. The van der Waals surface area contributed by atoms with Gasteiger partial charge >= 0.3 is 5.97 Å². The van der Waals surface area contributed by atoms with E-state index in [0.29, 0.717) is 12.1 Å². The van der Waals surface area contributed by atoms with E-state index in [-0.39, 0.29) is 0 Å². The van der Waals surface area contributed by atoms with Gasteiger partial charge in [0.2, 0.25) is 0 Å². The van der Waals surface area contributed by atoms with E-state index >= 15 is 0 Å². The lowest BCUT2D eigenvalue weighted by Gasteiger charge is -1.93. The van der Waals surface area contributed by atoms with Crippen LogP contribution < -0.4 is 5.73 Å². The van der Waals surface area contributed by atoms with Crippen LogP contribution >= 0.6 is 0 Å². The van der Waals surface area contributed by atoms with Gasteiger partial charge in [-0.3, -0.25) is 0 Å². The van der Waals surface area contributed by atoms with E-state index in [4.69, 9.17) is 10.8 Å². The summed E-state index contributed by atoms with van der Waals surface area (Å²) < 4.78 is 0. The largest absolute Gasteiger partial charge is 0.478 e. The number of nitrogens with one attached hydrogen (secondary N) is 1. The van der Waals surface area contributed by atoms with Crippen molar-refractivity contribution in [3.63, 3.8) is 0 Å². The molecule has 4 heteroatoms. The van der Waals surface area contributed by atoms with Crippen LogP contribution in [0.4, 0.5) is 0 Å². The fourth-order valence-corrected chi connectivity index (χ4v) is 2.07. The maximum Gasteiger partial charge on any atom is 0.335 e. The zero-order valence-electron chi connectivity index (χ0n) is 11.6. The third kappa shape index (κ3) is 3.94. The Kier molecular flexibility index (Phi) is 5.12. The van der Waals surface area contributed by atoms with Crippen LogP contribution in [0.15, 0.2) is 60.8 Å². The van der Waals surface area contributed by atoms with Gasteiger partial charge in [-0.1, -0.05) is 36.4 Å². The van der Waals surface area contributed by atoms with Crippen molar-refractivity contribution in [1.82, 2.24) is 4.98 Å². The summed E-state index contributed by atoms with van der Waals surface area (Å²) in [7, 11) is 0. The van der Waals surface area contributed by atoms with Crippen LogP contribution in [0.5, 0.6) is 0 Å².